The standard InChI is InChI=1S/C19H19FN2O3/c20-16-7-12(11-1-2-11)3-5-15(16)19(24)22-13-4-6-17-18(8-13)25-10-14(9-23)21-17/h3-8,11,14,21,23H,1-2,9-10H2,(H,22,24)/t14-/m0/s1. The normalized spacial score (nSPS) is 18.7. The number of aliphatic hydroxyl groups is 1. The summed E-state index contributed by atoms with van der Waals surface area (Å²) in [6.45, 7) is 0.326. The minimum absolute atomic E-state index is 0.0198. The molecule has 6 heteroatoms. The quantitative estimate of drug-likeness (QED) is 0.798. The third-order valence-electron chi connectivity index (χ3n) is 4.55. The van der Waals surface area contributed by atoms with Crippen LogP contribution in [-0.4, -0.2) is 30.3 Å². The minimum atomic E-state index is -0.497. The summed E-state index contributed by atoms with van der Waals surface area (Å²) in [5.74, 6) is 0.0482. The smallest absolute Gasteiger partial charge is 0.258 e. The molecule has 2 aromatic rings. The van der Waals surface area contributed by atoms with Gasteiger partial charge in [0.05, 0.1) is 23.9 Å². The average molecular weight is 342 g/mol. The zero-order valence-corrected chi connectivity index (χ0v) is 13.6. The first-order valence-electron chi connectivity index (χ1n) is 8.39. The van der Waals surface area contributed by atoms with E-state index in [1.165, 1.54) is 6.07 Å². The Kier molecular flexibility index (Phi) is 4.05. The van der Waals surface area contributed by atoms with E-state index in [2.05, 4.69) is 10.6 Å². The van der Waals surface area contributed by atoms with Gasteiger partial charge in [0.2, 0.25) is 0 Å². The lowest BCUT2D eigenvalue weighted by atomic mass is 10.1. The second-order valence-corrected chi connectivity index (χ2v) is 6.51. The van der Waals surface area contributed by atoms with Crippen molar-refractivity contribution in [1.82, 2.24) is 0 Å². The van der Waals surface area contributed by atoms with Crippen LogP contribution in [0, 0.1) is 5.82 Å². The average Bonchev–Trinajstić information content (AvgIpc) is 3.46. The van der Waals surface area contributed by atoms with Crippen molar-refractivity contribution in [2.75, 3.05) is 23.8 Å². The molecule has 0 spiro atoms. The van der Waals surface area contributed by atoms with Crippen molar-refractivity contribution in [2.45, 2.75) is 24.8 Å². The number of hydrogen-bond acceptors (Lipinski definition) is 4. The van der Waals surface area contributed by atoms with Crippen LogP contribution in [0.4, 0.5) is 15.8 Å². The molecule has 4 rings (SSSR count). The number of anilines is 2. The Balaban J connectivity index is 1.49. The van der Waals surface area contributed by atoms with Crippen molar-refractivity contribution in [3.8, 4) is 5.75 Å². The van der Waals surface area contributed by atoms with E-state index in [4.69, 9.17) is 9.84 Å². The number of aliphatic hydroxyl groups excluding tert-OH is 1. The number of amides is 1. The van der Waals surface area contributed by atoms with Gasteiger partial charge in [-0.15, -0.1) is 0 Å². The van der Waals surface area contributed by atoms with Crippen molar-refractivity contribution in [2.24, 2.45) is 0 Å². The Morgan fingerprint density at radius 1 is 1.28 bits per heavy atom. The zero-order valence-electron chi connectivity index (χ0n) is 13.6. The minimum Gasteiger partial charge on any atom is -0.489 e. The molecule has 0 radical (unpaired) electrons. The molecule has 1 atom stereocenters. The largest absolute Gasteiger partial charge is 0.489 e. The molecular formula is C19H19FN2O3. The maximum Gasteiger partial charge on any atom is 0.258 e. The maximum atomic E-state index is 14.2. The first kappa shape index (κ1) is 15.9. The molecule has 2 aliphatic rings. The van der Waals surface area contributed by atoms with Crippen LogP contribution in [0.25, 0.3) is 0 Å². The van der Waals surface area contributed by atoms with Gasteiger partial charge in [-0.3, -0.25) is 4.79 Å². The van der Waals surface area contributed by atoms with Crippen molar-refractivity contribution in [3.63, 3.8) is 0 Å². The van der Waals surface area contributed by atoms with Gasteiger partial charge >= 0.3 is 0 Å². The van der Waals surface area contributed by atoms with E-state index >= 15 is 0 Å². The number of benzene rings is 2. The summed E-state index contributed by atoms with van der Waals surface area (Å²) in [5, 5.41) is 15.0. The number of hydrogen-bond donors (Lipinski definition) is 3. The lowest BCUT2D eigenvalue weighted by molar-refractivity contribution is 0.102. The number of rotatable bonds is 4. The SMILES string of the molecule is O=C(Nc1ccc2c(c1)OC[C@H](CO)N2)c1ccc(C2CC2)cc1F. The van der Waals surface area contributed by atoms with Gasteiger partial charge in [0.25, 0.3) is 5.91 Å². The molecule has 0 saturated heterocycles. The van der Waals surface area contributed by atoms with E-state index in [1.54, 1.807) is 24.3 Å². The molecule has 0 aromatic heterocycles. The van der Waals surface area contributed by atoms with Gasteiger partial charge in [0.1, 0.15) is 18.2 Å². The number of halogens is 1. The van der Waals surface area contributed by atoms with E-state index < -0.39 is 11.7 Å². The van der Waals surface area contributed by atoms with Gasteiger partial charge in [-0.05, 0) is 48.6 Å². The third-order valence-corrected chi connectivity index (χ3v) is 4.55. The Morgan fingerprint density at radius 2 is 2.12 bits per heavy atom. The zero-order chi connectivity index (χ0) is 17.4. The van der Waals surface area contributed by atoms with Crippen LogP contribution in [0.1, 0.15) is 34.7 Å². The maximum absolute atomic E-state index is 14.2. The molecule has 0 bridgehead atoms. The van der Waals surface area contributed by atoms with Crippen LogP contribution < -0.4 is 15.4 Å². The topological polar surface area (TPSA) is 70.6 Å². The molecule has 1 fully saturated rings. The Bertz CT molecular complexity index is 820. The van der Waals surface area contributed by atoms with Gasteiger partial charge in [0.15, 0.2) is 0 Å². The van der Waals surface area contributed by atoms with Crippen LogP contribution in [-0.2, 0) is 0 Å². The summed E-state index contributed by atoms with van der Waals surface area (Å²) in [6, 6.07) is 9.84. The third kappa shape index (κ3) is 3.30. The van der Waals surface area contributed by atoms with E-state index in [-0.39, 0.29) is 18.2 Å². The molecule has 1 aliphatic heterocycles. The summed E-state index contributed by atoms with van der Waals surface area (Å²) >= 11 is 0. The Labute approximate surface area is 144 Å². The molecule has 25 heavy (non-hydrogen) atoms. The first-order valence-corrected chi connectivity index (χ1v) is 8.39. The molecule has 1 saturated carbocycles. The molecule has 1 aliphatic carbocycles. The van der Waals surface area contributed by atoms with Crippen LogP contribution >= 0.6 is 0 Å². The van der Waals surface area contributed by atoms with Crippen molar-refractivity contribution in [1.29, 1.82) is 0 Å². The molecular weight excluding hydrogens is 323 g/mol. The van der Waals surface area contributed by atoms with Crippen LogP contribution in [0.15, 0.2) is 36.4 Å². The summed E-state index contributed by atoms with van der Waals surface area (Å²) in [5.41, 5.74) is 2.27. The lowest BCUT2D eigenvalue weighted by Gasteiger charge is -2.26. The highest BCUT2D eigenvalue weighted by Gasteiger charge is 2.25. The van der Waals surface area contributed by atoms with Crippen molar-refractivity contribution < 1.29 is 19.0 Å². The highest BCUT2D eigenvalue weighted by Crippen LogP contribution is 2.40. The highest BCUT2D eigenvalue weighted by atomic mass is 19.1. The highest BCUT2D eigenvalue weighted by molar-refractivity contribution is 6.04. The number of nitrogens with one attached hydrogen (secondary N) is 2. The second kappa shape index (κ2) is 6.37. The molecule has 5 nitrogen and oxygen atoms in total. The Morgan fingerprint density at radius 3 is 2.84 bits per heavy atom. The summed E-state index contributed by atoms with van der Waals surface area (Å²) in [4.78, 5) is 12.4. The van der Waals surface area contributed by atoms with Gasteiger partial charge in [-0.25, -0.2) is 4.39 Å². The molecule has 1 amide bonds. The number of carbonyl (C=O) groups excluding carboxylic acids is 1. The van der Waals surface area contributed by atoms with Gasteiger partial charge < -0.3 is 20.5 Å². The fraction of sp³-hybridized carbons (Fsp3) is 0.316. The van der Waals surface area contributed by atoms with E-state index in [1.807, 2.05) is 6.07 Å². The predicted octanol–water partition coefficient (Wildman–Crippen LogP) is 3.12. The molecule has 2 aromatic carbocycles. The number of carbonyl (C=O) groups is 1. The van der Waals surface area contributed by atoms with Crippen molar-refractivity contribution >= 4 is 17.3 Å². The Hall–Kier alpha value is -2.60. The first-order chi connectivity index (χ1) is 12.1. The van der Waals surface area contributed by atoms with E-state index in [9.17, 15) is 9.18 Å². The van der Waals surface area contributed by atoms with Gasteiger partial charge in [-0.1, -0.05) is 6.07 Å². The second-order valence-electron chi connectivity index (χ2n) is 6.51. The number of fused-ring (bicyclic) bond motifs is 1. The summed E-state index contributed by atoms with van der Waals surface area (Å²) in [7, 11) is 0. The van der Waals surface area contributed by atoms with Gasteiger partial charge in [0, 0.05) is 11.8 Å². The fourth-order valence-electron chi connectivity index (χ4n) is 2.97. The van der Waals surface area contributed by atoms with E-state index in [0.29, 0.717) is 24.0 Å². The summed E-state index contributed by atoms with van der Waals surface area (Å²) in [6.07, 6.45) is 2.18. The van der Waals surface area contributed by atoms with Crippen LogP contribution in [0.3, 0.4) is 0 Å². The molecule has 130 valence electrons. The predicted molar refractivity (Wildman–Crippen MR) is 92.8 cm³/mol. The van der Waals surface area contributed by atoms with Crippen LogP contribution in [0.5, 0.6) is 5.75 Å². The van der Waals surface area contributed by atoms with Crippen LogP contribution in [0.2, 0.25) is 0 Å². The van der Waals surface area contributed by atoms with Crippen molar-refractivity contribution in [3.05, 3.63) is 53.3 Å². The lowest BCUT2D eigenvalue weighted by Crippen LogP contribution is -2.34. The molecule has 3 N–H and O–H groups in total. The van der Waals surface area contributed by atoms with Gasteiger partial charge in [-0.2, -0.15) is 0 Å². The monoisotopic (exact) mass is 342 g/mol. The molecule has 0 unspecified atom stereocenters. The fourth-order valence-corrected chi connectivity index (χ4v) is 2.97. The van der Waals surface area contributed by atoms with E-state index in [0.717, 1.165) is 24.1 Å². The number of ether oxygens (including phenoxy) is 1. The molecule has 1 heterocycles. The summed E-state index contributed by atoms with van der Waals surface area (Å²) < 4.78 is 19.8.